The van der Waals surface area contributed by atoms with E-state index in [1.807, 2.05) is 25.1 Å². The van der Waals surface area contributed by atoms with Crippen molar-refractivity contribution in [1.29, 1.82) is 0 Å². The molecule has 0 aliphatic carbocycles. The van der Waals surface area contributed by atoms with Crippen molar-refractivity contribution in [2.45, 2.75) is 18.7 Å². The average Bonchev–Trinajstić information content (AvgIpc) is 2.70. The van der Waals surface area contributed by atoms with Crippen LogP contribution in [0.5, 0.6) is 5.75 Å². The van der Waals surface area contributed by atoms with Crippen molar-refractivity contribution in [3.8, 4) is 5.75 Å². The first-order valence-electron chi connectivity index (χ1n) is 9.10. The Morgan fingerprint density at radius 1 is 1.03 bits per heavy atom. The fourth-order valence-electron chi connectivity index (χ4n) is 2.87. The van der Waals surface area contributed by atoms with Gasteiger partial charge in [-0.3, -0.25) is 9.78 Å². The van der Waals surface area contributed by atoms with E-state index in [1.165, 1.54) is 0 Å². The van der Waals surface area contributed by atoms with Crippen LogP contribution in [0.15, 0.2) is 53.4 Å². The number of sulfonamides is 1. The SMILES string of the molecule is COc1ccc2nc(C)c(C(=O)NCCNS(=O)(=O)c3ccc(C)cc3)cc2c1. The number of benzene rings is 2. The molecule has 0 fully saturated rings. The van der Waals surface area contributed by atoms with Gasteiger partial charge < -0.3 is 10.1 Å². The third-order valence-corrected chi connectivity index (χ3v) is 5.97. The van der Waals surface area contributed by atoms with Crippen LogP contribution in [0.3, 0.4) is 0 Å². The first-order chi connectivity index (χ1) is 13.8. The normalized spacial score (nSPS) is 11.4. The molecular formula is C21H23N3O4S. The van der Waals surface area contributed by atoms with Crippen molar-refractivity contribution >= 4 is 26.8 Å². The molecule has 0 bridgehead atoms. The summed E-state index contributed by atoms with van der Waals surface area (Å²) in [6.45, 7) is 3.88. The van der Waals surface area contributed by atoms with Crippen molar-refractivity contribution in [2.75, 3.05) is 20.2 Å². The summed E-state index contributed by atoms with van der Waals surface area (Å²) >= 11 is 0. The van der Waals surface area contributed by atoms with Crippen molar-refractivity contribution in [2.24, 2.45) is 0 Å². The van der Waals surface area contributed by atoms with E-state index in [2.05, 4.69) is 15.0 Å². The van der Waals surface area contributed by atoms with E-state index >= 15 is 0 Å². The summed E-state index contributed by atoms with van der Waals surface area (Å²) in [5.74, 6) is 0.370. The second-order valence-electron chi connectivity index (χ2n) is 6.65. The molecule has 1 heterocycles. The topological polar surface area (TPSA) is 97.4 Å². The molecule has 0 aliphatic heterocycles. The van der Waals surface area contributed by atoms with Gasteiger partial charge in [-0.05, 0) is 50.2 Å². The quantitative estimate of drug-likeness (QED) is 0.580. The molecule has 0 atom stereocenters. The van der Waals surface area contributed by atoms with Crippen LogP contribution < -0.4 is 14.8 Å². The highest BCUT2D eigenvalue weighted by Crippen LogP contribution is 2.21. The lowest BCUT2D eigenvalue weighted by Gasteiger charge is -2.11. The van der Waals surface area contributed by atoms with Gasteiger partial charge in [-0.1, -0.05) is 17.7 Å². The number of rotatable bonds is 7. The first kappa shape index (κ1) is 20.8. The van der Waals surface area contributed by atoms with E-state index in [0.717, 1.165) is 16.5 Å². The summed E-state index contributed by atoms with van der Waals surface area (Å²) < 4.78 is 32.2. The second kappa shape index (κ2) is 8.59. The maximum atomic E-state index is 12.5. The van der Waals surface area contributed by atoms with Gasteiger partial charge in [0.05, 0.1) is 28.8 Å². The van der Waals surface area contributed by atoms with Gasteiger partial charge in [-0.15, -0.1) is 0 Å². The molecule has 2 aromatic carbocycles. The van der Waals surface area contributed by atoms with Crippen LogP contribution in [0.2, 0.25) is 0 Å². The number of carbonyl (C=O) groups is 1. The largest absolute Gasteiger partial charge is 0.497 e. The van der Waals surface area contributed by atoms with E-state index in [1.54, 1.807) is 44.4 Å². The van der Waals surface area contributed by atoms with Gasteiger partial charge in [-0.2, -0.15) is 0 Å². The van der Waals surface area contributed by atoms with E-state index in [9.17, 15) is 13.2 Å². The van der Waals surface area contributed by atoms with Crippen molar-refractivity contribution in [1.82, 2.24) is 15.0 Å². The molecule has 7 nitrogen and oxygen atoms in total. The highest BCUT2D eigenvalue weighted by atomic mass is 32.2. The lowest BCUT2D eigenvalue weighted by molar-refractivity contribution is 0.0953. The van der Waals surface area contributed by atoms with Crippen LogP contribution in [-0.4, -0.2) is 39.5 Å². The Bertz CT molecular complexity index is 1140. The van der Waals surface area contributed by atoms with Crippen molar-refractivity contribution < 1.29 is 17.9 Å². The Kier molecular flexibility index (Phi) is 6.14. The van der Waals surface area contributed by atoms with Gasteiger partial charge in [0.1, 0.15) is 5.75 Å². The molecule has 0 radical (unpaired) electrons. The molecule has 29 heavy (non-hydrogen) atoms. The summed E-state index contributed by atoms with van der Waals surface area (Å²) in [6, 6.07) is 13.8. The summed E-state index contributed by atoms with van der Waals surface area (Å²) in [4.78, 5) is 17.2. The maximum absolute atomic E-state index is 12.5. The minimum atomic E-state index is -3.61. The molecule has 0 unspecified atom stereocenters. The number of hydrogen-bond donors (Lipinski definition) is 2. The first-order valence-corrected chi connectivity index (χ1v) is 10.6. The fraction of sp³-hybridized carbons (Fsp3) is 0.238. The Morgan fingerprint density at radius 3 is 2.45 bits per heavy atom. The Balaban J connectivity index is 1.63. The minimum absolute atomic E-state index is 0.0792. The predicted octanol–water partition coefficient (Wildman–Crippen LogP) is 2.57. The summed E-state index contributed by atoms with van der Waals surface area (Å²) in [7, 11) is -2.03. The number of aromatic nitrogens is 1. The van der Waals surface area contributed by atoms with E-state index in [4.69, 9.17) is 4.74 Å². The molecule has 0 saturated carbocycles. The molecule has 0 spiro atoms. The third-order valence-electron chi connectivity index (χ3n) is 4.49. The van der Waals surface area contributed by atoms with Gasteiger partial charge in [-0.25, -0.2) is 13.1 Å². The van der Waals surface area contributed by atoms with E-state index in [-0.39, 0.29) is 23.9 Å². The summed E-state index contributed by atoms with van der Waals surface area (Å²) in [5, 5.41) is 3.52. The zero-order chi connectivity index (χ0) is 21.0. The highest BCUT2D eigenvalue weighted by molar-refractivity contribution is 7.89. The summed E-state index contributed by atoms with van der Waals surface area (Å²) in [6.07, 6.45) is 0. The van der Waals surface area contributed by atoms with Crippen LogP contribution in [-0.2, 0) is 10.0 Å². The van der Waals surface area contributed by atoms with Crippen molar-refractivity contribution in [3.63, 3.8) is 0 Å². The monoisotopic (exact) mass is 413 g/mol. The second-order valence-corrected chi connectivity index (χ2v) is 8.41. The van der Waals surface area contributed by atoms with Crippen LogP contribution in [0.4, 0.5) is 0 Å². The number of aryl methyl sites for hydroxylation is 2. The molecule has 1 aromatic heterocycles. The van der Waals surface area contributed by atoms with Crippen molar-refractivity contribution in [3.05, 3.63) is 65.4 Å². The molecule has 0 saturated heterocycles. The fourth-order valence-corrected chi connectivity index (χ4v) is 3.90. The molecule has 2 N–H and O–H groups in total. The van der Waals surface area contributed by atoms with E-state index < -0.39 is 10.0 Å². The predicted molar refractivity (Wildman–Crippen MR) is 112 cm³/mol. The standard InChI is InChI=1S/C21H23N3O4S/c1-14-4-7-18(8-5-14)29(26,27)23-11-10-22-21(25)19-13-16-12-17(28-3)6-9-20(16)24-15(19)2/h4-9,12-13,23H,10-11H2,1-3H3,(H,22,25). The number of ether oxygens (including phenoxy) is 1. The van der Waals surface area contributed by atoms with Crippen LogP contribution >= 0.6 is 0 Å². The number of nitrogens with one attached hydrogen (secondary N) is 2. The number of pyridine rings is 1. The number of amides is 1. The molecular weight excluding hydrogens is 390 g/mol. The molecule has 3 aromatic rings. The zero-order valence-corrected chi connectivity index (χ0v) is 17.3. The number of hydrogen-bond acceptors (Lipinski definition) is 5. The van der Waals surface area contributed by atoms with Crippen LogP contribution in [0.25, 0.3) is 10.9 Å². The van der Waals surface area contributed by atoms with Gasteiger partial charge in [0.25, 0.3) is 5.91 Å². The number of methoxy groups -OCH3 is 1. The van der Waals surface area contributed by atoms with Crippen LogP contribution in [0, 0.1) is 13.8 Å². The third kappa shape index (κ3) is 4.90. The maximum Gasteiger partial charge on any atom is 0.253 e. The van der Waals surface area contributed by atoms with Crippen LogP contribution in [0.1, 0.15) is 21.6 Å². The number of carbonyl (C=O) groups excluding carboxylic acids is 1. The summed E-state index contributed by atoms with van der Waals surface area (Å²) in [5.41, 5.74) is 2.78. The number of nitrogens with zero attached hydrogens (tertiary/aromatic N) is 1. The highest BCUT2D eigenvalue weighted by Gasteiger charge is 2.14. The minimum Gasteiger partial charge on any atom is -0.497 e. The Labute approximate surface area is 170 Å². The Morgan fingerprint density at radius 2 is 1.76 bits per heavy atom. The van der Waals surface area contributed by atoms with E-state index in [0.29, 0.717) is 17.0 Å². The lowest BCUT2D eigenvalue weighted by atomic mass is 10.1. The van der Waals surface area contributed by atoms with Gasteiger partial charge in [0.2, 0.25) is 10.0 Å². The lowest BCUT2D eigenvalue weighted by Crippen LogP contribution is -2.35. The Hall–Kier alpha value is -2.97. The smallest absolute Gasteiger partial charge is 0.253 e. The van der Waals surface area contributed by atoms with Gasteiger partial charge in [0, 0.05) is 18.5 Å². The molecule has 3 rings (SSSR count). The molecule has 0 aliphatic rings. The number of fused-ring (bicyclic) bond motifs is 1. The van der Waals surface area contributed by atoms with Gasteiger partial charge >= 0.3 is 0 Å². The molecule has 8 heteroatoms. The average molecular weight is 413 g/mol. The molecule has 152 valence electrons. The molecule has 1 amide bonds. The van der Waals surface area contributed by atoms with Gasteiger partial charge in [0.15, 0.2) is 0 Å². The zero-order valence-electron chi connectivity index (χ0n) is 16.5.